The fraction of sp³-hybridized carbons (Fsp3) is 0.929. The SMILES string of the molecule is COC(=O)[C@]12CCC(C)(C)C[C@H]1C1=CC[C@@H]3[C@@]4(C)CC[C@H](O[C@@H]5OC[C@H](O)[C@H](O[C@@H]6O[C@@H](C)[C@H](O)[C@@H](O)[C@H]6O)[C@H]5O)[C@@](C)(CO)[C@@H]4CC[C@@]3(C)[C@]1(C)CC2. The van der Waals surface area contributed by atoms with E-state index < -0.39 is 72.2 Å². The van der Waals surface area contributed by atoms with Crippen LogP contribution in [-0.2, 0) is 28.5 Å². The molecule has 0 aromatic heterocycles. The predicted octanol–water partition coefficient (Wildman–Crippen LogP) is 3.61. The average molecular weight is 765 g/mol. The summed E-state index contributed by atoms with van der Waals surface area (Å²) in [7, 11) is 1.54. The molecule has 6 N–H and O–H groups in total. The van der Waals surface area contributed by atoms with E-state index in [-0.39, 0.29) is 52.7 Å². The predicted molar refractivity (Wildman–Crippen MR) is 196 cm³/mol. The maximum Gasteiger partial charge on any atom is 0.312 e. The van der Waals surface area contributed by atoms with E-state index in [4.69, 9.17) is 23.7 Å². The molecule has 0 radical (unpaired) electrons. The molecule has 0 aromatic rings. The number of carbonyl (C=O) groups is 1. The molecule has 7 rings (SSSR count). The van der Waals surface area contributed by atoms with Gasteiger partial charge in [-0.2, -0.15) is 0 Å². The normalized spacial score (nSPS) is 54.3. The lowest BCUT2D eigenvalue weighted by atomic mass is 9.33. The van der Waals surface area contributed by atoms with Gasteiger partial charge in [0.1, 0.15) is 36.6 Å². The maximum atomic E-state index is 13.6. The Balaban J connectivity index is 1.12. The van der Waals surface area contributed by atoms with E-state index in [1.54, 1.807) is 7.11 Å². The standard InChI is InChI=1S/C42H68O12/c1-22-29(45)30(46)31(47)35(52-22)54-33-25(44)20-51-34(32(33)48)53-28-12-13-38(4)26(39(28,5)21-43)11-14-41(7)27(38)10-9-23-24-19-37(2,3)15-17-42(24,36(49)50-8)18-16-40(23,41)6/h9,22,24-35,43-48H,10-21H2,1-8H3/t22-,24-,25-,26+,27+,28-,29-,30+,31+,32+,33-,34-,35-,38-,39-,40+,41+,42-/m0/s1. The van der Waals surface area contributed by atoms with Gasteiger partial charge in [-0.3, -0.25) is 4.79 Å². The molecule has 0 spiro atoms. The summed E-state index contributed by atoms with van der Waals surface area (Å²) in [6, 6.07) is 0. The molecule has 4 saturated carbocycles. The van der Waals surface area contributed by atoms with Gasteiger partial charge in [-0.15, -0.1) is 0 Å². The van der Waals surface area contributed by atoms with Gasteiger partial charge in [-0.05, 0) is 111 Å². The van der Waals surface area contributed by atoms with E-state index in [2.05, 4.69) is 47.6 Å². The highest BCUT2D eigenvalue weighted by Gasteiger charge is 2.70. The van der Waals surface area contributed by atoms with Gasteiger partial charge < -0.3 is 54.3 Å². The van der Waals surface area contributed by atoms with E-state index in [1.165, 1.54) is 12.5 Å². The molecule has 0 bridgehead atoms. The Bertz CT molecular complexity index is 1450. The highest BCUT2D eigenvalue weighted by molar-refractivity contribution is 5.78. The summed E-state index contributed by atoms with van der Waals surface area (Å²) in [5.41, 5.74) is 0.326. The number of carbonyl (C=O) groups excluding carboxylic acids is 1. The van der Waals surface area contributed by atoms with Crippen molar-refractivity contribution in [3.05, 3.63) is 11.6 Å². The number of rotatable bonds is 6. The van der Waals surface area contributed by atoms with Crippen molar-refractivity contribution < 1.29 is 59.1 Å². The van der Waals surface area contributed by atoms with Crippen molar-refractivity contribution in [2.24, 2.45) is 50.2 Å². The fourth-order valence-electron chi connectivity index (χ4n) is 13.5. The van der Waals surface area contributed by atoms with Crippen molar-refractivity contribution in [1.82, 2.24) is 0 Å². The highest BCUT2D eigenvalue weighted by atomic mass is 16.7. The van der Waals surface area contributed by atoms with Gasteiger partial charge in [0.2, 0.25) is 0 Å². The largest absolute Gasteiger partial charge is 0.469 e. The van der Waals surface area contributed by atoms with Crippen molar-refractivity contribution in [2.45, 2.75) is 174 Å². The minimum atomic E-state index is -1.60. The average Bonchev–Trinajstić information content (AvgIpc) is 3.13. The zero-order valence-corrected chi connectivity index (χ0v) is 33.7. The molecule has 308 valence electrons. The lowest BCUT2D eigenvalue weighted by molar-refractivity contribution is -0.355. The van der Waals surface area contributed by atoms with E-state index in [1.807, 2.05) is 0 Å². The number of hydrogen-bond donors (Lipinski definition) is 6. The topological polar surface area (TPSA) is 185 Å². The number of esters is 1. The smallest absolute Gasteiger partial charge is 0.312 e. The molecule has 2 heterocycles. The van der Waals surface area contributed by atoms with Crippen molar-refractivity contribution in [3.8, 4) is 0 Å². The summed E-state index contributed by atoms with van der Waals surface area (Å²) < 4.78 is 29.5. The fourth-order valence-corrected chi connectivity index (χ4v) is 13.5. The number of hydrogen-bond acceptors (Lipinski definition) is 12. The van der Waals surface area contributed by atoms with Crippen LogP contribution in [0.1, 0.15) is 113 Å². The monoisotopic (exact) mass is 764 g/mol. The van der Waals surface area contributed by atoms with Gasteiger partial charge in [0.25, 0.3) is 0 Å². The molecule has 6 fully saturated rings. The minimum absolute atomic E-state index is 0.00743. The number of methoxy groups -OCH3 is 1. The van der Waals surface area contributed by atoms with Crippen LogP contribution in [0.15, 0.2) is 11.6 Å². The Morgan fingerprint density at radius 3 is 2.22 bits per heavy atom. The summed E-state index contributed by atoms with van der Waals surface area (Å²) in [5, 5.41) is 64.5. The second-order valence-corrected chi connectivity index (χ2v) is 20.2. The highest BCUT2D eigenvalue weighted by Crippen LogP contribution is 2.76. The Morgan fingerprint density at radius 1 is 0.833 bits per heavy atom. The van der Waals surface area contributed by atoms with Crippen LogP contribution in [0.2, 0.25) is 0 Å². The van der Waals surface area contributed by atoms with Crippen molar-refractivity contribution in [1.29, 1.82) is 0 Å². The van der Waals surface area contributed by atoms with Crippen LogP contribution < -0.4 is 0 Å². The third-order valence-electron chi connectivity index (χ3n) is 17.1. The first kappa shape index (κ1) is 41.0. The van der Waals surface area contributed by atoms with E-state index in [0.29, 0.717) is 12.3 Å². The van der Waals surface area contributed by atoms with E-state index in [0.717, 1.165) is 57.8 Å². The third kappa shape index (κ3) is 5.93. The van der Waals surface area contributed by atoms with Crippen LogP contribution in [0, 0.1) is 50.2 Å². The molecule has 12 heteroatoms. The molecule has 54 heavy (non-hydrogen) atoms. The summed E-state index contributed by atoms with van der Waals surface area (Å²) in [6.07, 6.45) is -0.832. The molecule has 2 aliphatic heterocycles. The van der Waals surface area contributed by atoms with E-state index in [9.17, 15) is 35.4 Å². The molecule has 5 aliphatic carbocycles. The summed E-state index contributed by atoms with van der Waals surface area (Å²) >= 11 is 0. The number of fused-ring (bicyclic) bond motifs is 7. The first-order chi connectivity index (χ1) is 25.2. The van der Waals surface area contributed by atoms with Crippen LogP contribution in [0.4, 0.5) is 0 Å². The number of aliphatic hydroxyl groups excluding tert-OH is 6. The maximum absolute atomic E-state index is 13.6. The van der Waals surface area contributed by atoms with Gasteiger partial charge in [-0.1, -0.05) is 53.2 Å². The Kier molecular flexibility index (Phi) is 10.6. The van der Waals surface area contributed by atoms with Gasteiger partial charge in [0.15, 0.2) is 12.6 Å². The quantitative estimate of drug-likeness (QED) is 0.132. The van der Waals surface area contributed by atoms with Crippen LogP contribution in [0.5, 0.6) is 0 Å². The molecular weight excluding hydrogens is 696 g/mol. The molecule has 0 aromatic carbocycles. The second kappa shape index (κ2) is 14.0. The number of allylic oxidation sites excluding steroid dienone is 2. The minimum Gasteiger partial charge on any atom is -0.469 e. The molecule has 12 nitrogen and oxygen atoms in total. The zero-order valence-electron chi connectivity index (χ0n) is 33.7. The Labute approximate surface area is 320 Å². The number of aliphatic hydroxyl groups is 6. The van der Waals surface area contributed by atoms with E-state index >= 15 is 0 Å². The van der Waals surface area contributed by atoms with Gasteiger partial charge >= 0.3 is 5.97 Å². The lowest BCUT2D eigenvalue weighted by Gasteiger charge is -2.71. The van der Waals surface area contributed by atoms with Gasteiger partial charge in [-0.25, -0.2) is 0 Å². The first-order valence-electron chi connectivity index (χ1n) is 20.6. The van der Waals surface area contributed by atoms with Gasteiger partial charge in [0.05, 0.1) is 37.9 Å². The molecule has 7 aliphatic rings. The van der Waals surface area contributed by atoms with Crippen LogP contribution in [0.3, 0.4) is 0 Å². The second-order valence-electron chi connectivity index (χ2n) is 20.2. The Hall–Kier alpha value is -1.19. The zero-order chi connectivity index (χ0) is 39.4. The summed E-state index contributed by atoms with van der Waals surface area (Å²) in [4.78, 5) is 13.6. The van der Waals surface area contributed by atoms with Crippen molar-refractivity contribution in [3.63, 3.8) is 0 Å². The molecule has 18 atom stereocenters. The van der Waals surface area contributed by atoms with Crippen molar-refractivity contribution in [2.75, 3.05) is 20.3 Å². The lowest BCUT2D eigenvalue weighted by Crippen LogP contribution is -2.67. The summed E-state index contributed by atoms with van der Waals surface area (Å²) in [6.45, 7) is 15.4. The molecular formula is C42H68O12. The van der Waals surface area contributed by atoms with Crippen LogP contribution in [0.25, 0.3) is 0 Å². The summed E-state index contributed by atoms with van der Waals surface area (Å²) in [5.74, 6) is 0.604. The first-order valence-corrected chi connectivity index (χ1v) is 20.6. The molecule has 0 amide bonds. The molecule has 0 unspecified atom stereocenters. The van der Waals surface area contributed by atoms with Gasteiger partial charge in [0, 0.05) is 5.41 Å². The number of ether oxygens (including phenoxy) is 5. The third-order valence-corrected chi connectivity index (χ3v) is 17.1. The Morgan fingerprint density at radius 2 is 1.54 bits per heavy atom. The van der Waals surface area contributed by atoms with Crippen LogP contribution in [-0.4, -0.2) is 118 Å². The van der Waals surface area contributed by atoms with Crippen LogP contribution >= 0.6 is 0 Å². The van der Waals surface area contributed by atoms with Crippen molar-refractivity contribution >= 4 is 5.97 Å². The molecule has 2 saturated heterocycles.